The smallest absolute Gasteiger partial charge is 0.251 e. The molecule has 0 spiro atoms. The molecule has 1 amide bonds. The Hall–Kier alpha value is -2.84. The molecule has 30 heavy (non-hydrogen) atoms. The van der Waals surface area contributed by atoms with Gasteiger partial charge >= 0.3 is 0 Å². The maximum atomic E-state index is 14.6. The first-order chi connectivity index (χ1) is 14.3. The van der Waals surface area contributed by atoms with E-state index in [1.54, 1.807) is 42.1 Å². The number of hydrogen-bond acceptors (Lipinski definition) is 5. The number of rotatable bonds is 7. The van der Waals surface area contributed by atoms with Crippen LogP contribution < -0.4 is 5.32 Å². The second-order valence-corrected chi connectivity index (χ2v) is 7.76. The molecule has 1 atom stereocenters. The Balaban J connectivity index is 2.12. The lowest BCUT2D eigenvalue weighted by molar-refractivity contribution is 0.0905. The zero-order valence-electron chi connectivity index (χ0n) is 17.2. The number of ether oxygens (including phenoxy) is 1. The van der Waals surface area contributed by atoms with Crippen molar-refractivity contribution >= 4 is 17.5 Å². The molecule has 1 N–H and O–H groups in total. The summed E-state index contributed by atoms with van der Waals surface area (Å²) < 4.78 is 21.2. The molecule has 3 rings (SSSR count). The van der Waals surface area contributed by atoms with Gasteiger partial charge in [0.05, 0.1) is 12.3 Å². The number of methoxy groups -OCH3 is 1. The van der Waals surface area contributed by atoms with Gasteiger partial charge < -0.3 is 10.1 Å². The molecule has 0 unspecified atom stereocenters. The molecule has 0 saturated carbocycles. The molecule has 0 radical (unpaired) electrons. The van der Waals surface area contributed by atoms with Crippen molar-refractivity contribution in [2.45, 2.75) is 32.7 Å². The van der Waals surface area contributed by atoms with Gasteiger partial charge in [-0.05, 0) is 59.3 Å². The van der Waals surface area contributed by atoms with Crippen molar-refractivity contribution in [3.8, 4) is 16.8 Å². The van der Waals surface area contributed by atoms with Crippen LogP contribution in [0.3, 0.4) is 0 Å². The molecule has 0 saturated heterocycles. The largest absolute Gasteiger partial charge is 0.383 e. The van der Waals surface area contributed by atoms with Crippen LogP contribution in [0.25, 0.3) is 16.8 Å². The van der Waals surface area contributed by atoms with E-state index in [0.717, 1.165) is 0 Å². The molecule has 9 heteroatoms. The quantitative estimate of drug-likeness (QED) is 0.611. The zero-order chi connectivity index (χ0) is 21.8. The van der Waals surface area contributed by atoms with Crippen molar-refractivity contribution in [1.82, 2.24) is 25.5 Å². The van der Waals surface area contributed by atoms with Gasteiger partial charge in [0.25, 0.3) is 5.91 Å². The SMILES string of the molecule is COC[C@@H](C)NC(=O)c1cc(-c2ccc(Cl)cc2F)cc(-n2nnnc2C(C)C)c1. The van der Waals surface area contributed by atoms with Gasteiger partial charge in [-0.3, -0.25) is 4.79 Å². The molecule has 2 aromatic carbocycles. The standard InChI is InChI=1S/C21H23ClFN5O2/c1-12(2)20-25-26-27-28(20)17-8-14(18-6-5-16(22)10-19(18)23)7-15(9-17)21(29)24-13(3)11-30-4/h5-10,12-13H,11H2,1-4H3,(H,24,29)/t13-/m1/s1. The van der Waals surface area contributed by atoms with Crippen molar-refractivity contribution < 1.29 is 13.9 Å². The molecular weight excluding hydrogens is 409 g/mol. The summed E-state index contributed by atoms with van der Waals surface area (Å²) in [6, 6.07) is 9.27. The van der Waals surface area contributed by atoms with Crippen molar-refractivity contribution in [2.75, 3.05) is 13.7 Å². The van der Waals surface area contributed by atoms with E-state index in [1.807, 2.05) is 20.8 Å². The van der Waals surface area contributed by atoms with Gasteiger partial charge in [-0.15, -0.1) is 5.10 Å². The van der Waals surface area contributed by atoms with Gasteiger partial charge in [-0.25, -0.2) is 4.39 Å². The highest BCUT2D eigenvalue weighted by atomic mass is 35.5. The van der Waals surface area contributed by atoms with Crippen LogP contribution in [-0.4, -0.2) is 45.9 Å². The molecule has 1 aromatic heterocycles. The van der Waals surface area contributed by atoms with Gasteiger partial charge in [0.15, 0.2) is 5.82 Å². The van der Waals surface area contributed by atoms with E-state index in [1.165, 1.54) is 6.07 Å². The fourth-order valence-electron chi connectivity index (χ4n) is 3.08. The van der Waals surface area contributed by atoms with Gasteiger partial charge in [0.2, 0.25) is 0 Å². The predicted molar refractivity (Wildman–Crippen MR) is 112 cm³/mol. The van der Waals surface area contributed by atoms with Crippen LogP contribution in [0.15, 0.2) is 36.4 Å². The monoisotopic (exact) mass is 431 g/mol. The molecule has 0 aliphatic heterocycles. The summed E-state index contributed by atoms with van der Waals surface area (Å²) in [7, 11) is 1.57. The Morgan fingerprint density at radius 3 is 2.67 bits per heavy atom. The Bertz CT molecular complexity index is 1050. The Morgan fingerprint density at radius 2 is 2.00 bits per heavy atom. The highest BCUT2D eigenvalue weighted by molar-refractivity contribution is 6.30. The third-order valence-corrected chi connectivity index (χ3v) is 4.71. The minimum atomic E-state index is -0.487. The van der Waals surface area contributed by atoms with Crippen LogP contribution in [0, 0.1) is 5.82 Å². The minimum Gasteiger partial charge on any atom is -0.383 e. The van der Waals surface area contributed by atoms with Crippen molar-refractivity contribution in [3.63, 3.8) is 0 Å². The third kappa shape index (κ3) is 4.83. The molecular formula is C21H23ClFN5O2. The fraction of sp³-hybridized carbons (Fsp3) is 0.333. The molecule has 3 aromatic rings. The van der Waals surface area contributed by atoms with Gasteiger partial charge in [-0.1, -0.05) is 25.4 Å². The normalized spacial score (nSPS) is 12.2. The minimum absolute atomic E-state index is 0.0509. The van der Waals surface area contributed by atoms with E-state index in [-0.39, 0.29) is 17.9 Å². The fourth-order valence-corrected chi connectivity index (χ4v) is 3.24. The van der Waals surface area contributed by atoms with Crippen molar-refractivity contribution in [3.05, 3.63) is 58.6 Å². The summed E-state index contributed by atoms with van der Waals surface area (Å²) in [4.78, 5) is 12.9. The number of halogens is 2. The molecule has 0 bridgehead atoms. The number of hydrogen-bond donors (Lipinski definition) is 1. The number of carbonyl (C=O) groups excluding carboxylic acids is 1. The average molecular weight is 432 g/mol. The highest BCUT2D eigenvalue weighted by Gasteiger charge is 2.18. The van der Waals surface area contributed by atoms with Crippen LogP contribution >= 0.6 is 11.6 Å². The summed E-state index contributed by atoms with van der Waals surface area (Å²) in [5.74, 6) is -0.117. The Kier molecular flexibility index (Phi) is 6.79. The summed E-state index contributed by atoms with van der Waals surface area (Å²) in [6.07, 6.45) is 0. The first-order valence-electron chi connectivity index (χ1n) is 9.49. The van der Waals surface area contributed by atoms with E-state index in [0.29, 0.717) is 39.8 Å². The average Bonchev–Trinajstić information content (AvgIpc) is 3.18. The lowest BCUT2D eigenvalue weighted by atomic mass is 10.0. The van der Waals surface area contributed by atoms with E-state index in [2.05, 4.69) is 20.8 Å². The zero-order valence-corrected chi connectivity index (χ0v) is 17.9. The van der Waals surface area contributed by atoms with Crippen LogP contribution in [0.1, 0.15) is 42.9 Å². The summed E-state index contributed by atoms with van der Waals surface area (Å²) in [5, 5.41) is 15.0. The van der Waals surface area contributed by atoms with E-state index < -0.39 is 5.82 Å². The maximum Gasteiger partial charge on any atom is 0.251 e. The number of nitrogens with zero attached hydrogens (tertiary/aromatic N) is 4. The lowest BCUT2D eigenvalue weighted by Gasteiger charge is -2.15. The van der Waals surface area contributed by atoms with Crippen molar-refractivity contribution in [2.24, 2.45) is 0 Å². The number of nitrogens with one attached hydrogen (secondary N) is 1. The van der Waals surface area contributed by atoms with E-state index >= 15 is 0 Å². The molecule has 158 valence electrons. The number of tetrazole rings is 1. The van der Waals surface area contributed by atoms with Crippen LogP contribution in [0.5, 0.6) is 0 Å². The Labute approximate surface area is 179 Å². The summed E-state index contributed by atoms with van der Waals surface area (Å²) in [5.41, 5.74) is 1.74. The molecule has 0 fully saturated rings. The van der Waals surface area contributed by atoms with Crippen LogP contribution in [0.4, 0.5) is 4.39 Å². The Morgan fingerprint density at radius 1 is 1.23 bits per heavy atom. The highest BCUT2D eigenvalue weighted by Crippen LogP contribution is 2.29. The van der Waals surface area contributed by atoms with E-state index in [9.17, 15) is 9.18 Å². The number of amides is 1. The summed E-state index contributed by atoms with van der Waals surface area (Å²) in [6.45, 7) is 6.13. The molecule has 7 nitrogen and oxygen atoms in total. The molecule has 0 aliphatic rings. The maximum absolute atomic E-state index is 14.6. The van der Waals surface area contributed by atoms with Crippen LogP contribution in [-0.2, 0) is 4.74 Å². The second kappa shape index (κ2) is 9.32. The van der Waals surface area contributed by atoms with Gasteiger partial charge in [-0.2, -0.15) is 4.68 Å². The van der Waals surface area contributed by atoms with Crippen LogP contribution in [0.2, 0.25) is 5.02 Å². The molecule has 1 heterocycles. The second-order valence-electron chi connectivity index (χ2n) is 7.33. The predicted octanol–water partition coefficient (Wildman–Crippen LogP) is 4.01. The van der Waals surface area contributed by atoms with E-state index in [4.69, 9.17) is 16.3 Å². The number of benzene rings is 2. The molecule has 0 aliphatic carbocycles. The summed E-state index contributed by atoms with van der Waals surface area (Å²) >= 11 is 5.89. The topological polar surface area (TPSA) is 81.9 Å². The number of aromatic nitrogens is 4. The third-order valence-electron chi connectivity index (χ3n) is 4.47. The van der Waals surface area contributed by atoms with Crippen molar-refractivity contribution in [1.29, 1.82) is 0 Å². The first kappa shape index (κ1) is 21.9. The lowest BCUT2D eigenvalue weighted by Crippen LogP contribution is -2.35. The van der Waals surface area contributed by atoms with Gasteiger partial charge in [0.1, 0.15) is 5.82 Å². The number of carbonyl (C=O) groups is 1. The first-order valence-corrected chi connectivity index (χ1v) is 9.87. The van der Waals surface area contributed by atoms with Gasteiger partial charge in [0, 0.05) is 35.2 Å².